The predicted molar refractivity (Wildman–Crippen MR) is 107 cm³/mol. The standard InChI is InChI=1S/C19H28BrNO4S/c1-11(15-12(2)14(16(20)26-15)17(22)24-6)13-7-9-21(10-8-13)18(23)25-19(3,4)5/h11,13H,7-10H2,1-6H3/t11-/m1/s1. The lowest BCUT2D eigenvalue weighted by Crippen LogP contribution is -2.42. The molecule has 2 rings (SSSR count). The number of methoxy groups -OCH3 is 1. The summed E-state index contributed by atoms with van der Waals surface area (Å²) in [5.74, 6) is 0.503. The van der Waals surface area contributed by atoms with Crippen LogP contribution in [0.25, 0.3) is 0 Å². The lowest BCUT2D eigenvalue weighted by Gasteiger charge is -2.35. The van der Waals surface area contributed by atoms with E-state index >= 15 is 0 Å². The molecular formula is C19H28BrNO4S. The van der Waals surface area contributed by atoms with Crippen LogP contribution in [0.3, 0.4) is 0 Å². The van der Waals surface area contributed by atoms with Gasteiger partial charge in [-0.05, 0) is 73.9 Å². The van der Waals surface area contributed by atoms with Crippen LogP contribution in [0.5, 0.6) is 0 Å². The summed E-state index contributed by atoms with van der Waals surface area (Å²) in [7, 11) is 1.40. The minimum atomic E-state index is -0.466. The second-order valence-corrected chi connectivity index (χ2v) is 10.2. The van der Waals surface area contributed by atoms with Gasteiger partial charge in [0.25, 0.3) is 0 Å². The largest absolute Gasteiger partial charge is 0.465 e. The maximum Gasteiger partial charge on any atom is 0.410 e. The lowest BCUT2D eigenvalue weighted by atomic mass is 9.83. The zero-order valence-corrected chi connectivity index (χ0v) is 18.8. The molecular weight excluding hydrogens is 418 g/mol. The van der Waals surface area contributed by atoms with E-state index in [1.54, 1.807) is 16.2 Å². The summed E-state index contributed by atoms with van der Waals surface area (Å²) in [6.07, 6.45) is 1.64. The van der Waals surface area contributed by atoms with Crippen molar-refractivity contribution in [1.29, 1.82) is 0 Å². The minimum absolute atomic E-state index is 0.230. The Morgan fingerprint density at radius 3 is 2.35 bits per heavy atom. The number of hydrogen-bond donors (Lipinski definition) is 0. The SMILES string of the molecule is COC(=O)c1c(Br)sc([C@H](C)C2CCN(C(=O)OC(C)(C)C)CC2)c1C. The van der Waals surface area contributed by atoms with Gasteiger partial charge in [-0.25, -0.2) is 9.59 Å². The first-order valence-electron chi connectivity index (χ1n) is 8.90. The number of rotatable bonds is 3. The molecule has 2 heterocycles. The zero-order chi connectivity index (χ0) is 19.6. The average molecular weight is 446 g/mol. The third kappa shape index (κ3) is 4.80. The molecule has 1 atom stereocenters. The molecule has 0 radical (unpaired) electrons. The fourth-order valence-corrected chi connectivity index (χ4v) is 5.53. The van der Waals surface area contributed by atoms with E-state index in [1.807, 2.05) is 27.7 Å². The second-order valence-electron chi connectivity index (χ2n) is 7.83. The molecule has 0 unspecified atom stereocenters. The maximum atomic E-state index is 12.2. The third-order valence-corrected chi connectivity index (χ3v) is 7.01. The third-order valence-electron chi connectivity index (χ3n) is 4.84. The summed E-state index contributed by atoms with van der Waals surface area (Å²) in [5.41, 5.74) is 1.16. The fourth-order valence-electron chi connectivity index (χ4n) is 3.39. The molecule has 0 bridgehead atoms. The van der Waals surface area contributed by atoms with Crippen LogP contribution in [-0.2, 0) is 9.47 Å². The zero-order valence-electron chi connectivity index (χ0n) is 16.3. The predicted octanol–water partition coefficient (Wildman–Crippen LogP) is 5.36. The number of ether oxygens (including phenoxy) is 2. The van der Waals surface area contributed by atoms with Crippen LogP contribution in [0.4, 0.5) is 4.79 Å². The molecule has 0 N–H and O–H groups in total. The van der Waals surface area contributed by atoms with Crippen molar-refractivity contribution >= 4 is 39.3 Å². The maximum absolute atomic E-state index is 12.2. The van der Waals surface area contributed by atoms with Gasteiger partial charge in [-0.3, -0.25) is 0 Å². The van der Waals surface area contributed by atoms with Gasteiger partial charge in [-0.2, -0.15) is 0 Å². The Bertz CT molecular complexity index is 672. The van der Waals surface area contributed by atoms with Crippen molar-refractivity contribution in [2.45, 2.75) is 59.0 Å². The molecule has 7 heteroatoms. The molecule has 26 heavy (non-hydrogen) atoms. The van der Waals surface area contributed by atoms with Gasteiger partial charge in [0.1, 0.15) is 5.60 Å². The quantitative estimate of drug-likeness (QED) is 0.587. The monoisotopic (exact) mass is 445 g/mol. The molecule has 5 nitrogen and oxygen atoms in total. The van der Waals surface area contributed by atoms with Crippen molar-refractivity contribution in [2.24, 2.45) is 5.92 Å². The molecule has 0 aliphatic carbocycles. The number of hydrogen-bond acceptors (Lipinski definition) is 5. The van der Waals surface area contributed by atoms with Crippen LogP contribution in [0.15, 0.2) is 3.79 Å². The van der Waals surface area contributed by atoms with Crippen molar-refractivity contribution < 1.29 is 19.1 Å². The summed E-state index contributed by atoms with van der Waals surface area (Å²) in [6, 6.07) is 0. The van der Waals surface area contributed by atoms with Gasteiger partial charge >= 0.3 is 12.1 Å². The van der Waals surface area contributed by atoms with E-state index in [-0.39, 0.29) is 12.1 Å². The number of carbonyl (C=O) groups is 2. The van der Waals surface area contributed by atoms with Gasteiger partial charge in [-0.15, -0.1) is 11.3 Å². The van der Waals surface area contributed by atoms with E-state index in [9.17, 15) is 9.59 Å². The van der Waals surface area contributed by atoms with Crippen LogP contribution in [-0.4, -0.2) is 42.8 Å². The van der Waals surface area contributed by atoms with Gasteiger partial charge in [0, 0.05) is 18.0 Å². The summed E-state index contributed by atoms with van der Waals surface area (Å²) < 4.78 is 11.2. The van der Waals surface area contributed by atoms with E-state index < -0.39 is 5.60 Å². The molecule has 0 saturated carbocycles. The van der Waals surface area contributed by atoms with E-state index in [1.165, 1.54) is 12.0 Å². The Hall–Kier alpha value is -1.08. The molecule has 1 aliphatic rings. The van der Waals surface area contributed by atoms with E-state index in [0.717, 1.165) is 22.2 Å². The summed E-state index contributed by atoms with van der Waals surface area (Å²) in [4.78, 5) is 27.2. The Morgan fingerprint density at radius 2 is 1.85 bits per heavy atom. The van der Waals surface area contributed by atoms with Crippen molar-refractivity contribution in [3.05, 3.63) is 19.8 Å². The average Bonchev–Trinajstić information content (AvgIpc) is 2.86. The first kappa shape index (κ1) is 21.2. The second kappa shape index (κ2) is 8.30. The number of esters is 1. The normalized spacial score (nSPS) is 17.1. The van der Waals surface area contributed by atoms with Crippen LogP contribution in [0.1, 0.15) is 67.3 Å². The number of piperidine rings is 1. The summed E-state index contributed by atoms with van der Waals surface area (Å²) >= 11 is 5.12. The van der Waals surface area contributed by atoms with E-state index in [4.69, 9.17) is 9.47 Å². The molecule has 1 amide bonds. The van der Waals surface area contributed by atoms with Gasteiger partial charge in [-0.1, -0.05) is 6.92 Å². The van der Waals surface area contributed by atoms with Crippen molar-refractivity contribution in [2.75, 3.05) is 20.2 Å². The first-order chi connectivity index (χ1) is 12.0. The number of thiophene rings is 1. The van der Waals surface area contributed by atoms with Gasteiger partial charge in [0.05, 0.1) is 16.5 Å². The molecule has 1 aromatic heterocycles. The first-order valence-corrected chi connectivity index (χ1v) is 10.5. The topological polar surface area (TPSA) is 55.8 Å². The van der Waals surface area contributed by atoms with Crippen LogP contribution in [0, 0.1) is 12.8 Å². The number of carbonyl (C=O) groups excluding carboxylic acids is 2. The number of halogens is 1. The molecule has 1 saturated heterocycles. The fraction of sp³-hybridized carbons (Fsp3) is 0.684. The van der Waals surface area contributed by atoms with Gasteiger partial charge < -0.3 is 14.4 Å². The Balaban J connectivity index is 2.04. The van der Waals surface area contributed by atoms with Gasteiger partial charge in [0.15, 0.2) is 0 Å². The highest BCUT2D eigenvalue weighted by Crippen LogP contribution is 2.42. The molecule has 1 aromatic rings. The highest BCUT2D eigenvalue weighted by molar-refractivity contribution is 9.11. The highest BCUT2D eigenvalue weighted by Gasteiger charge is 2.32. The molecule has 146 valence electrons. The van der Waals surface area contributed by atoms with E-state index in [0.29, 0.717) is 30.5 Å². The number of amides is 1. The summed E-state index contributed by atoms with van der Waals surface area (Å²) in [5, 5.41) is 0. The molecule has 1 aliphatic heterocycles. The lowest BCUT2D eigenvalue weighted by molar-refractivity contribution is 0.0176. The summed E-state index contributed by atoms with van der Waals surface area (Å²) in [6.45, 7) is 11.3. The Morgan fingerprint density at radius 1 is 1.27 bits per heavy atom. The Kier molecular flexibility index (Phi) is 6.77. The molecule has 0 aromatic carbocycles. The smallest absolute Gasteiger partial charge is 0.410 e. The number of nitrogens with zero attached hydrogens (tertiary/aromatic N) is 1. The highest BCUT2D eigenvalue weighted by atomic mass is 79.9. The number of likely N-dealkylation sites (tertiary alicyclic amines) is 1. The van der Waals surface area contributed by atoms with Gasteiger partial charge in [0.2, 0.25) is 0 Å². The van der Waals surface area contributed by atoms with Crippen molar-refractivity contribution in [1.82, 2.24) is 4.90 Å². The van der Waals surface area contributed by atoms with Crippen LogP contribution < -0.4 is 0 Å². The van der Waals surface area contributed by atoms with Crippen LogP contribution >= 0.6 is 27.3 Å². The molecule has 0 spiro atoms. The van der Waals surface area contributed by atoms with E-state index in [2.05, 4.69) is 22.9 Å². The van der Waals surface area contributed by atoms with Crippen LogP contribution in [0.2, 0.25) is 0 Å². The minimum Gasteiger partial charge on any atom is -0.465 e. The van der Waals surface area contributed by atoms with Crippen molar-refractivity contribution in [3.63, 3.8) is 0 Å². The van der Waals surface area contributed by atoms with Crippen molar-refractivity contribution in [3.8, 4) is 0 Å². The Labute approximate surface area is 168 Å². The molecule has 1 fully saturated rings.